The molecule has 0 unspecified atom stereocenters. The van der Waals surface area contributed by atoms with Gasteiger partial charge in [0.2, 0.25) is 5.56 Å². The lowest BCUT2D eigenvalue weighted by molar-refractivity contribution is 0.958. The second kappa shape index (κ2) is 5.06. The third-order valence-electron chi connectivity index (χ3n) is 4.78. The molecule has 0 amide bonds. The molecule has 24 heavy (non-hydrogen) atoms. The molecule has 120 valence electrons. The van der Waals surface area contributed by atoms with E-state index in [9.17, 15) is 4.79 Å². The van der Waals surface area contributed by atoms with Gasteiger partial charge in [-0.15, -0.1) is 0 Å². The summed E-state index contributed by atoms with van der Waals surface area (Å²) in [5.41, 5.74) is 7.57. The van der Waals surface area contributed by atoms with Crippen LogP contribution in [0.15, 0.2) is 41.2 Å². The van der Waals surface area contributed by atoms with Gasteiger partial charge in [-0.05, 0) is 73.2 Å². The zero-order valence-electron chi connectivity index (χ0n) is 14.3. The summed E-state index contributed by atoms with van der Waals surface area (Å²) >= 11 is 0. The summed E-state index contributed by atoms with van der Waals surface area (Å²) in [6.45, 7) is 6.25. The van der Waals surface area contributed by atoms with E-state index in [4.69, 9.17) is 4.98 Å². The first-order valence-corrected chi connectivity index (χ1v) is 8.02. The molecule has 4 heteroatoms. The van der Waals surface area contributed by atoms with Crippen LogP contribution >= 0.6 is 0 Å². The minimum atomic E-state index is -0.0768. The van der Waals surface area contributed by atoms with Gasteiger partial charge < -0.3 is 9.55 Å². The second-order valence-corrected chi connectivity index (χ2v) is 6.50. The topological polar surface area (TPSA) is 50.7 Å². The molecule has 2 aromatic heterocycles. The summed E-state index contributed by atoms with van der Waals surface area (Å²) in [4.78, 5) is 19.3. The molecular formula is C20H19N3O. The Morgan fingerprint density at radius 2 is 1.71 bits per heavy atom. The number of benzene rings is 2. The van der Waals surface area contributed by atoms with Gasteiger partial charge in [0.15, 0.2) is 0 Å². The van der Waals surface area contributed by atoms with Gasteiger partial charge in [-0.25, -0.2) is 4.98 Å². The molecule has 2 heterocycles. The molecule has 0 aliphatic heterocycles. The third kappa shape index (κ3) is 2.14. The third-order valence-corrected chi connectivity index (χ3v) is 4.78. The Morgan fingerprint density at radius 1 is 0.958 bits per heavy atom. The molecule has 0 radical (unpaired) electrons. The smallest absolute Gasteiger partial charge is 0.248 e. The van der Waals surface area contributed by atoms with Crippen LogP contribution in [0.4, 0.5) is 0 Å². The monoisotopic (exact) mass is 317 g/mol. The molecule has 0 saturated heterocycles. The van der Waals surface area contributed by atoms with Crippen molar-refractivity contribution in [3.63, 3.8) is 0 Å². The maximum atomic E-state index is 11.6. The molecule has 0 fully saturated rings. The number of aromatic nitrogens is 3. The van der Waals surface area contributed by atoms with Crippen LogP contribution in [-0.2, 0) is 7.05 Å². The van der Waals surface area contributed by atoms with Crippen molar-refractivity contribution < 1.29 is 0 Å². The number of H-pyrrole nitrogens is 1. The van der Waals surface area contributed by atoms with Crippen molar-refractivity contribution in [1.29, 1.82) is 0 Å². The van der Waals surface area contributed by atoms with E-state index in [0.717, 1.165) is 38.9 Å². The van der Waals surface area contributed by atoms with E-state index < -0.39 is 0 Å². The van der Waals surface area contributed by atoms with Gasteiger partial charge >= 0.3 is 0 Å². The largest absolute Gasteiger partial charge is 0.327 e. The fraction of sp³-hybridized carbons (Fsp3) is 0.200. The molecule has 0 aliphatic rings. The fourth-order valence-electron chi connectivity index (χ4n) is 3.28. The Kier molecular flexibility index (Phi) is 3.10. The normalized spacial score (nSPS) is 11.5. The minimum absolute atomic E-state index is 0.0768. The number of aryl methyl sites for hydroxylation is 4. The first-order chi connectivity index (χ1) is 11.4. The summed E-state index contributed by atoms with van der Waals surface area (Å²) in [6.07, 6.45) is 0. The zero-order valence-corrected chi connectivity index (χ0v) is 14.3. The summed E-state index contributed by atoms with van der Waals surface area (Å²) < 4.78 is 2.13. The van der Waals surface area contributed by atoms with Crippen molar-refractivity contribution in [3.05, 3.63) is 63.4 Å². The maximum absolute atomic E-state index is 11.6. The second-order valence-electron chi connectivity index (χ2n) is 6.50. The number of hydrogen-bond donors (Lipinski definition) is 1. The van der Waals surface area contributed by atoms with E-state index in [1.807, 2.05) is 20.0 Å². The number of rotatable bonds is 1. The van der Waals surface area contributed by atoms with Crippen molar-refractivity contribution in [2.75, 3.05) is 0 Å². The highest BCUT2D eigenvalue weighted by Gasteiger charge is 2.13. The number of pyridine rings is 1. The highest BCUT2D eigenvalue weighted by Crippen LogP contribution is 2.29. The Morgan fingerprint density at radius 3 is 2.50 bits per heavy atom. The van der Waals surface area contributed by atoms with Gasteiger partial charge in [-0.2, -0.15) is 0 Å². The molecule has 0 saturated carbocycles. The molecule has 4 aromatic rings. The van der Waals surface area contributed by atoms with E-state index >= 15 is 0 Å². The Balaban J connectivity index is 2.00. The van der Waals surface area contributed by atoms with Gasteiger partial charge in [0.05, 0.1) is 16.6 Å². The lowest BCUT2D eigenvalue weighted by Crippen LogP contribution is -2.03. The van der Waals surface area contributed by atoms with Crippen LogP contribution in [0.1, 0.15) is 16.7 Å². The van der Waals surface area contributed by atoms with Crippen LogP contribution in [-0.4, -0.2) is 14.5 Å². The van der Waals surface area contributed by atoms with Crippen LogP contribution in [0.5, 0.6) is 0 Å². The number of nitrogens with one attached hydrogen (secondary N) is 1. The molecule has 0 spiro atoms. The average Bonchev–Trinajstić information content (AvgIpc) is 2.85. The summed E-state index contributed by atoms with van der Waals surface area (Å²) in [5, 5.41) is 1.02. The highest BCUT2D eigenvalue weighted by molar-refractivity contribution is 5.88. The zero-order chi connectivity index (χ0) is 17.0. The Hall–Kier alpha value is -2.88. The van der Waals surface area contributed by atoms with Crippen molar-refractivity contribution in [3.8, 4) is 11.4 Å². The molecule has 4 rings (SSSR count). The van der Waals surface area contributed by atoms with Crippen LogP contribution in [0, 0.1) is 20.8 Å². The SMILES string of the molecule is Cc1cc2nc(-c3cc(C)c4[nH]c(=O)ccc4c3)n(C)c2cc1C. The summed E-state index contributed by atoms with van der Waals surface area (Å²) in [7, 11) is 2.05. The molecule has 0 aliphatic carbocycles. The quantitative estimate of drug-likeness (QED) is 0.577. The first-order valence-electron chi connectivity index (χ1n) is 8.02. The average molecular weight is 317 g/mol. The lowest BCUT2D eigenvalue weighted by atomic mass is 10.1. The Bertz CT molecular complexity index is 1170. The summed E-state index contributed by atoms with van der Waals surface area (Å²) in [5.74, 6) is 0.936. The number of imidazole rings is 1. The minimum Gasteiger partial charge on any atom is -0.327 e. The van der Waals surface area contributed by atoms with E-state index in [0.29, 0.717) is 0 Å². The van der Waals surface area contributed by atoms with Gasteiger partial charge in [0.25, 0.3) is 0 Å². The predicted octanol–water partition coefficient (Wildman–Crippen LogP) is 4.01. The molecule has 0 bridgehead atoms. The molecule has 1 N–H and O–H groups in total. The van der Waals surface area contributed by atoms with Gasteiger partial charge in [-0.1, -0.05) is 0 Å². The molecule has 4 nitrogen and oxygen atoms in total. The van der Waals surface area contributed by atoms with Gasteiger partial charge in [-0.3, -0.25) is 4.79 Å². The molecule has 2 aromatic carbocycles. The van der Waals surface area contributed by atoms with E-state index in [2.05, 4.69) is 47.7 Å². The van der Waals surface area contributed by atoms with Gasteiger partial charge in [0.1, 0.15) is 5.82 Å². The van der Waals surface area contributed by atoms with E-state index in [1.165, 1.54) is 11.1 Å². The van der Waals surface area contributed by atoms with Crippen LogP contribution < -0.4 is 5.56 Å². The van der Waals surface area contributed by atoms with Crippen molar-refractivity contribution >= 4 is 21.9 Å². The number of fused-ring (bicyclic) bond motifs is 2. The van der Waals surface area contributed by atoms with E-state index in [-0.39, 0.29) is 5.56 Å². The molecular weight excluding hydrogens is 298 g/mol. The van der Waals surface area contributed by atoms with Crippen molar-refractivity contribution in [1.82, 2.24) is 14.5 Å². The maximum Gasteiger partial charge on any atom is 0.248 e. The number of nitrogens with zero attached hydrogens (tertiary/aromatic N) is 2. The van der Waals surface area contributed by atoms with Crippen molar-refractivity contribution in [2.45, 2.75) is 20.8 Å². The van der Waals surface area contributed by atoms with E-state index in [1.54, 1.807) is 6.07 Å². The number of aromatic amines is 1. The highest BCUT2D eigenvalue weighted by atomic mass is 16.1. The van der Waals surface area contributed by atoms with Crippen LogP contribution in [0.2, 0.25) is 0 Å². The standard InChI is InChI=1S/C20H19N3O/c1-11-8-16-17(9-12(11)2)23(4)20(21-16)15-7-13(3)19-14(10-15)5-6-18(24)22-19/h5-10H,1-4H3,(H,22,24). The van der Waals surface area contributed by atoms with Gasteiger partial charge in [0, 0.05) is 18.7 Å². The Labute approximate surface area is 139 Å². The van der Waals surface area contributed by atoms with Crippen molar-refractivity contribution in [2.24, 2.45) is 7.05 Å². The first kappa shape index (κ1) is 14.7. The lowest BCUT2D eigenvalue weighted by Gasteiger charge is -2.07. The molecule has 0 atom stereocenters. The van der Waals surface area contributed by atoms with Crippen LogP contribution in [0.25, 0.3) is 33.3 Å². The predicted molar refractivity (Wildman–Crippen MR) is 98.5 cm³/mol. The van der Waals surface area contributed by atoms with Crippen LogP contribution in [0.3, 0.4) is 0 Å². The summed E-state index contributed by atoms with van der Waals surface area (Å²) in [6, 6.07) is 11.9. The fourth-order valence-corrected chi connectivity index (χ4v) is 3.28. The number of hydrogen-bond acceptors (Lipinski definition) is 2.